The number of nitrogens with one attached hydrogen (secondary N) is 1. The molecule has 3 rings (SSSR count). The summed E-state index contributed by atoms with van der Waals surface area (Å²) in [5.74, 6) is 0.947. The Bertz CT molecular complexity index is 751. The third-order valence-electron chi connectivity index (χ3n) is 4.97. The Morgan fingerprint density at radius 2 is 2.14 bits per heavy atom. The van der Waals surface area contributed by atoms with E-state index < -0.39 is 0 Å². The number of aliphatic imine (C=N–C) groups is 1. The normalized spacial score (nSPS) is 17.3. The third kappa shape index (κ3) is 7.27. The van der Waals surface area contributed by atoms with Crippen LogP contribution in [0.4, 0.5) is 0 Å². The summed E-state index contributed by atoms with van der Waals surface area (Å²) in [6, 6.07) is 10.6. The Hall–Kier alpha value is -1.65. The third-order valence-corrected chi connectivity index (χ3v) is 4.97. The highest BCUT2D eigenvalue weighted by Crippen LogP contribution is 2.21. The molecule has 1 atom stereocenters. The van der Waals surface area contributed by atoms with Gasteiger partial charge in [0.15, 0.2) is 5.96 Å². The summed E-state index contributed by atoms with van der Waals surface area (Å²) in [7, 11) is 5.94. The van der Waals surface area contributed by atoms with Crippen LogP contribution in [0.25, 0.3) is 0 Å². The van der Waals surface area contributed by atoms with Crippen molar-refractivity contribution in [2.24, 2.45) is 12.0 Å². The minimum Gasteiger partial charge on any atom is -0.370 e. The van der Waals surface area contributed by atoms with Gasteiger partial charge in [-0.05, 0) is 25.6 Å². The monoisotopic (exact) mass is 512 g/mol. The number of morpholine rings is 1. The summed E-state index contributed by atoms with van der Waals surface area (Å²) < 4.78 is 7.75. The number of aromatic nitrogens is 2. The molecule has 2 aromatic rings. The predicted molar refractivity (Wildman–Crippen MR) is 128 cm³/mol. The molecule has 0 bridgehead atoms. The van der Waals surface area contributed by atoms with Gasteiger partial charge in [0.25, 0.3) is 0 Å². The smallest absolute Gasteiger partial charge is 0.193 e. The molecule has 0 aliphatic carbocycles. The molecule has 7 nitrogen and oxygen atoms in total. The fourth-order valence-electron chi connectivity index (χ4n) is 3.51. The van der Waals surface area contributed by atoms with Crippen LogP contribution in [0.5, 0.6) is 0 Å². The molecule has 2 heterocycles. The Labute approximate surface area is 191 Å². The maximum absolute atomic E-state index is 5.93. The van der Waals surface area contributed by atoms with Gasteiger partial charge in [0.2, 0.25) is 0 Å². The summed E-state index contributed by atoms with van der Waals surface area (Å²) >= 11 is 0. The van der Waals surface area contributed by atoms with Crippen LogP contribution in [-0.2, 0) is 18.3 Å². The van der Waals surface area contributed by atoms with Crippen molar-refractivity contribution in [1.82, 2.24) is 24.9 Å². The lowest BCUT2D eigenvalue weighted by atomic mass is 10.1. The van der Waals surface area contributed by atoms with E-state index >= 15 is 0 Å². The number of halogens is 1. The lowest BCUT2D eigenvalue weighted by Gasteiger charge is -2.34. The molecule has 1 unspecified atom stereocenters. The molecule has 1 aromatic carbocycles. The van der Waals surface area contributed by atoms with E-state index in [-0.39, 0.29) is 30.1 Å². The molecule has 1 fully saturated rings. The Balaban J connectivity index is 0.00000300. The van der Waals surface area contributed by atoms with Gasteiger partial charge in [0.05, 0.1) is 19.3 Å². The van der Waals surface area contributed by atoms with Crippen molar-refractivity contribution >= 4 is 29.9 Å². The quantitative estimate of drug-likeness (QED) is 0.268. The number of hydrogen-bond donors (Lipinski definition) is 1. The van der Waals surface area contributed by atoms with Gasteiger partial charge in [-0.2, -0.15) is 5.10 Å². The summed E-state index contributed by atoms with van der Waals surface area (Å²) in [5.41, 5.74) is 2.47. The molecular formula is C21H33IN6O. The highest BCUT2D eigenvalue weighted by atomic mass is 127. The molecule has 1 N–H and O–H groups in total. The van der Waals surface area contributed by atoms with E-state index in [0.717, 1.165) is 50.7 Å². The first-order chi connectivity index (χ1) is 13.7. The molecule has 1 aromatic heterocycles. The van der Waals surface area contributed by atoms with Gasteiger partial charge in [0.1, 0.15) is 6.10 Å². The highest BCUT2D eigenvalue weighted by molar-refractivity contribution is 14.0. The van der Waals surface area contributed by atoms with Gasteiger partial charge in [-0.15, -0.1) is 24.0 Å². The van der Waals surface area contributed by atoms with E-state index in [1.54, 1.807) is 0 Å². The number of nitrogens with zero attached hydrogens (tertiary/aromatic N) is 5. The maximum Gasteiger partial charge on any atom is 0.193 e. The molecule has 0 amide bonds. The molecule has 0 spiro atoms. The van der Waals surface area contributed by atoms with Crippen LogP contribution in [0.3, 0.4) is 0 Å². The molecule has 1 saturated heterocycles. The first-order valence-corrected chi connectivity index (χ1v) is 9.94. The van der Waals surface area contributed by atoms with Crippen molar-refractivity contribution < 1.29 is 4.74 Å². The van der Waals surface area contributed by atoms with Crippen molar-refractivity contribution in [3.05, 3.63) is 53.9 Å². The van der Waals surface area contributed by atoms with E-state index in [1.165, 1.54) is 5.56 Å². The van der Waals surface area contributed by atoms with E-state index in [9.17, 15) is 0 Å². The van der Waals surface area contributed by atoms with Crippen LogP contribution in [0.1, 0.15) is 23.7 Å². The number of benzene rings is 1. The van der Waals surface area contributed by atoms with Gasteiger partial charge in [-0.25, -0.2) is 0 Å². The molecule has 0 radical (unpaired) electrons. The van der Waals surface area contributed by atoms with Crippen LogP contribution >= 0.6 is 24.0 Å². The van der Waals surface area contributed by atoms with Crippen molar-refractivity contribution in [2.45, 2.75) is 19.1 Å². The summed E-state index contributed by atoms with van der Waals surface area (Å²) in [4.78, 5) is 9.10. The second-order valence-corrected chi connectivity index (χ2v) is 7.30. The molecule has 29 heavy (non-hydrogen) atoms. The molecule has 0 saturated carbocycles. The average Bonchev–Trinajstić information content (AvgIpc) is 3.15. The van der Waals surface area contributed by atoms with E-state index in [1.807, 2.05) is 31.2 Å². The van der Waals surface area contributed by atoms with Crippen molar-refractivity contribution in [1.29, 1.82) is 0 Å². The Morgan fingerprint density at radius 3 is 2.83 bits per heavy atom. The van der Waals surface area contributed by atoms with Crippen LogP contribution < -0.4 is 5.32 Å². The topological polar surface area (TPSA) is 57.9 Å². The number of rotatable bonds is 7. The largest absolute Gasteiger partial charge is 0.370 e. The molecule has 160 valence electrons. The minimum atomic E-state index is 0. The zero-order valence-electron chi connectivity index (χ0n) is 17.6. The standard InChI is InChI=1S/C21H32N6O.HI/c1-22-21(23-10-7-11-25(2)15-18-8-5-4-6-9-18)27-12-13-28-20(17-27)19-14-24-26(3)16-19;/h4-6,8-9,14,16,20H,7,10-13,15,17H2,1-3H3,(H,22,23);1H. The molecule has 8 heteroatoms. The van der Waals surface area contributed by atoms with E-state index in [4.69, 9.17) is 4.74 Å². The summed E-state index contributed by atoms with van der Waals surface area (Å²) in [6.07, 6.45) is 5.01. The lowest BCUT2D eigenvalue weighted by molar-refractivity contribution is -0.00802. The van der Waals surface area contributed by atoms with Crippen molar-refractivity contribution in [3.8, 4) is 0 Å². The minimum absolute atomic E-state index is 0. The summed E-state index contributed by atoms with van der Waals surface area (Å²) in [6.45, 7) is 5.26. The van der Waals surface area contributed by atoms with Crippen LogP contribution in [-0.4, -0.2) is 72.4 Å². The van der Waals surface area contributed by atoms with Gasteiger partial charge in [0, 0.05) is 45.5 Å². The van der Waals surface area contributed by atoms with Gasteiger partial charge in [-0.1, -0.05) is 30.3 Å². The average molecular weight is 512 g/mol. The number of hydrogen-bond acceptors (Lipinski definition) is 4. The fraction of sp³-hybridized carbons (Fsp3) is 0.524. The second kappa shape index (κ2) is 12.1. The van der Waals surface area contributed by atoms with Gasteiger partial charge in [-0.3, -0.25) is 9.67 Å². The SMILES string of the molecule is CN=C(NCCCN(C)Cc1ccccc1)N1CCOC(c2cnn(C)c2)C1.I. The highest BCUT2D eigenvalue weighted by Gasteiger charge is 2.24. The first kappa shape index (κ1) is 23.6. The summed E-state index contributed by atoms with van der Waals surface area (Å²) in [5, 5.41) is 7.77. The zero-order chi connectivity index (χ0) is 19.8. The number of aryl methyl sites for hydroxylation is 1. The molecular weight excluding hydrogens is 479 g/mol. The van der Waals surface area contributed by atoms with Crippen LogP contribution in [0, 0.1) is 0 Å². The fourth-order valence-corrected chi connectivity index (χ4v) is 3.51. The number of guanidine groups is 1. The van der Waals surface area contributed by atoms with E-state index in [0.29, 0.717) is 6.61 Å². The van der Waals surface area contributed by atoms with Crippen molar-refractivity contribution in [2.75, 3.05) is 46.9 Å². The van der Waals surface area contributed by atoms with Gasteiger partial charge >= 0.3 is 0 Å². The van der Waals surface area contributed by atoms with Crippen molar-refractivity contribution in [3.63, 3.8) is 0 Å². The van der Waals surface area contributed by atoms with Crippen LogP contribution in [0.2, 0.25) is 0 Å². The second-order valence-electron chi connectivity index (χ2n) is 7.30. The predicted octanol–water partition coefficient (Wildman–Crippen LogP) is 2.51. The lowest BCUT2D eigenvalue weighted by Crippen LogP contribution is -2.48. The molecule has 1 aliphatic rings. The molecule has 1 aliphatic heterocycles. The Kier molecular flexibility index (Phi) is 9.89. The van der Waals surface area contributed by atoms with E-state index in [2.05, 4.69) is 62.6 Å². The number of ether oxygens (including phenoxy) is 1. The Morgan fingerprint density at radius 1 is 1.34 bits per heavy atom. The zero-order valence-corrected chi connectivity index (χ0v) is 20.0. The maximum atomic E-state index is 5.93. The van der Waals surface area contributed by atoms with Crippen LogP contribution in [0.15, 0.2) is 47.7 Å². The van der Waals surface area contributed by atoms with Gasteiger partial charge < -0.3 is 19.9 Å². The first-order valence-electron chi connectivity index (χ1n) is 9.94.